The molecule has 0 radical (unpaired) electrons. The Bertz CT molecular complexity index is 215. The largest absolute Gasteiger partial charge is 0.341 e. The van der Waals surface area contributed by atoms with Crippen molar-refractivity contribution in [3.05, 3.63) is 0 Å². The lowest BCUT2D eigenvalue weighted by molar-refractivity contribution is -0.140. The zero-order valence-corrected chi connectivity index (χ0v) is 8.91. The van der Waals surface area contributed by atoms with Crippen LogP contribution in [0.2, 0.25) is 0 Å². The normalized spacial score (nSPS) is 34.0. The van der Waals surface area contributed by atoms with Gasteiger partial charge in [-0.1, -0.05) is 13.3 Å². The number of likely N-dealkylation sites (tertiary alicyclic amines) is 1. The lowest BCUT2D eigenvalue weighted by Crippen LogP contribution is -2.51. The molecule has 1 amide bonds. The van der Waals surface area contributed by atoms with Gasteiger partial charge in [0.05, 0.1) is 0 Å². The lowest BCUT2D eigenvalue weighted by Gasteiger charge is -2.38. The molecule has 2 atom stereocenters. The minimum atomic E-state index is 0.197. The van der Waals surface area contributed by atoms with Crippen LogP contribution in [0.1, 0.15) is 32.6 Å². The average molecular weight is 196 g/mol. The monoisotopic (exact) mass is 196 g/mol. The van der Waals surface area contributed by atoms with E-state index in [4.69, 9.17) is 5.73 Å². The van der Waals surface area contributed by atoms with Gasteiger partial charge in [-0.25, -0.2) is 0 Å². The van der Waals surface area contributed by atoms with Gasteiger partial charge in [-0.05, 0) is 25.2 Å². The van der Waals surface area contributed by atoms with Crippen molar-refractivity contribution in [3.63, 3.8) is 0 Å². The number of rotatable bonds is 1. The second-order valence-electron chi connectivity index (χ2n) is 4.97. The van der Waals surface area contributed by atoms with Gasteiger partial charge in [-0.2, -0.15) is 0 Å². The standard InChI is InChI=1S/C11H20N2O/c1-8-5-10(12)7-13(6-8)11(14)9-3-2-4-9/h8-10H,2-7,12H2,1H3. The van der Waals surface area contributed by atoms with Crippen molar-refractivity contribution in [3.8, 4) is 0 Å². The summed E-state index contributed by atoms with van der Waals surface area (Å²) in [6, 6.07) is 0.197. The molecule has 1 saturated heterocycles. The highest BCUT2D eigenvalue weighted by Gasteiger charge is 2.32. The Morgan fingerprint density at radius 2 is 2.07 bits per heavy atom. The van der Waals surface area contributed by atoms with Crippen LogP contribution in [0, 0.1) is 11.8 Å². The first-order chi connectivity index (χ1) is 6.66. The Morgan fingerprint density at radius 1 is 1.36 bits per heavy atom. The summed E-state index contributed by atoms with van der Waals surface area (Å²) in [5.74, 6) is 1.26. The number of piperidine rings is 1. The van der Waals surface area contributed by atoms with E-state index in [1.54, 1.807) is 0 Å². The molecular formula is C11H20N2O. The molecule has 80 valence electrons. The summed E-state index contributed by atoms with van der Waals surface area (Å²) in [7, 11) is 0. The van der Waals surface area contributed by atoms with Crippen LogP contribution in [-0.4, -0.2) is 29.9 Å². The first kappa shape index (κ1) is 9.97. The minimum Gasteiger partial charge on any atom is -0.341 e. The molecule has 2 N–H and O–H groups in total. The van der Waals surface area contributed by atoms with Gasteiger partial charge >= 0.3 is 0 Å². The van der Waals surface area contributed by atoms with Gasteiger partial charge in [0.25, 0.3) is 0 Å². The summed E-state index contributed by atoms with van der Waals surface area (Å²) in [4.78, 5) is 13.9. The SMILES string of the molecule is CC1CC(N)CN(C(=O)C2CCC2)C1. The Balaban J connectivity index is 1.92. The third kappa shape index (κ3) is 1.92. The molecule has 1 aliphatic carbocycles. The fourth-order valence-corrected chi connectivity index (χ4v) is 2.49. The fourth-order valence-electron chi connectivity index (χ4n) is 2.49. The molecule has 14 heavy (non-hydrogen) atoms. The lowest BCUT2D eigenvalue weighted by atomic mass is 9.83. The molecule has 0 aromatic heterocycles. The van der Waals surface area contributed by atoms with Crippen molar-refractivity contribution in [2.45, 2.75) is 38.6 Å². The molecule has 3 heteroatoms. The molecule has 2 unspecified atom stereocenters. The number of nitrogens with zero attached hydrogens (tertiary/aromatic N) is 1. The number of amides is 1. The Kier molecular flexibility index (Phi) is 2.77. The van der Waals surface area contributed by atoms with Gasteiger partial charge in [-0.3, -0.25) is 4.79 Å². The van der Waals surface area contributed by atoms with E-state index < -0.39 is 0 Å². The molecule has 0 bridgehead atoms. The Labute approximate surface area is 85.6 Å². The van der Waals surface area contributed by atoms with Crippen LogP contribution in [0.25, 0.3) is 0 Å². The zero-order chi connectivity index (χ0) is 10.1. The molecule has 1 saturated carbocycles. The summed E-state index contributed by atoms with van der Waals surface area (Å²) in [5, 5.41) is 0. The summed E-state index contributed by atoms with van der Waals surface area (Å²) in [6.45, 7) is 3.88. The molecule has 2 rings (SSSR count). The second-order valence-corrected chi connectivity index (χ2v) is 4.97. The van der Waals surface area contributed by atoms with E-state index in [-0.39, 0.29) is 6.04 Å². The van der Waals surface area contributed by atoms with Crippen molar-refractivity contribution < 1.29 is 4.79 Å². The third-order valence-electron chi connectivity index (χ3n) is 3.46. The first-order valence-electron chi connectivity index (χ1n) is 5.71. The zero-order valence-electron chi connectivity index (χ0n) is 8.91. The Morgan fingerprint density at radius 3 is 2.57 bits per heavy atom. The van der Waals surface area contributed by atoms with Crippen LogP contribution in [0.15, 0.2) is 0 Å². The molecule has 2 aliphatic rings. The predicted octanol–water partition coefficient (Wildman–Crippen LogP) is 0.982. The number of hydrogen-bond acceptors (Lipinski definition) is 2. The van der Waals surface area contributed by atoms with Crippen LogP contribution in [0.4, 0.5) is 0 Å². The van der Waals surface area contributed by atoms with E-state index in [1.165, 1.54) is 6.42 Å². The van der Waals surface area contributed by atoms with Crippen molar-refractivity contribution in [2.75, 3.05) is 13.1 Å². The van der Waals surface area contributed by atoms with Crippen LogP contribution >= 0.6 is 0 Å². The highest BCUT2D eigenvalue weighted by atomic mass is 16.2. The highest BCUT2D eigenvalue weighted by Crippen LogP contribution is 2.29. The van der Waals surface area contributed by atoms with Gasteiger partial charge in [-0.15, -0.1) is 0 Å². The first-order valence-corrected chi connectivity index (χ1v) is 5.71. The maximum absolute atomic E-state index is 11.9. The topological polar surface area (TPSA) is 46.3 Å². The van der Waals surface area contributed by atoms with E-state index in [0.29, 0.717) is 17.7 Å². The molecule has 2 fully saturated rings. The summed E-state index contributed by atoms with van der Waals surface area (Å²) in [5.41, 5.74) is 5.92. The van der Waals surface area contributed by atoms with Gasteiger partial charge in [0.2, 0.25) is 5.91 Å². The molecule has 0 spiro atoms. The van der Waals surface area contributed by atoms with Crippen LogP contribution in [0.5, 0.6) is 0 Å². The van der Waals surface area contributed by atoms with Gasteiger partial charge in [0.15, 0.2) is 0 Å². The van der Waals surface area contributed by atoms with E-state index in [9.17, 15) is 4.79 Å². The number of carbonyl (C=O) groups is 1. The second kappa shape index (κ2) is 3.89. The molecule has 0 aromatic rings. The van der Waals surface area contributed by atoms with Crippen LogP contribution < -0.4 is 5.73 Å². The number of hydrogen-bond donors (Lipinski definition) is 1. The van der Waals surface area contributed by atoms with Crippen molar-refractivity contribution in [1.82, 2.24) is 4.90 Å². The fraction of sp³-hybridized carbons (Fsp3) is 0.909. The van der Waals surface area contributed by atoms with Gasteiger partial charge in [0, 0.05) is 25.0 Å². The molecule has 1 heterocycles. The summed E-state index contributed by atoms with van der Waals surface area (Å²) < 4.78 is 0. The van der Waals surface area contributed by atoms with E-state index in [0.717, 1.165) is 32.4 Å². The summed E-state index contributed by atoms with van der Waals surface area (Å²) >= 11 is 0. The predicted molar refractivity (Wildman–Crippen MR) is 55.7 cm³/mol. The van der Waals surface area contributed by atoms with E-state index in [2.05, 4.69) is 6.92 Å². The maximum atomic E-state index is 11.9. The van der Waals surface area contributed by atoms with Gasteiger partial charge in [0.1, 0.15) is 0 Å². The van der Waals surface area contributed by atoms with Crippen LogP contribution in [0.3, 0.4) is 0 Å². The molecule has 3 nitrogen and oxygen atoms in total. The molecular weight excluding hydrogens is 176 g/mol. The van der Waals surface area contributed by atoms with Gasteiger partial charge < -0.3 is 10.6 Å². The average Bonchev–Trinajstić information content (AvgIpc) is 1.98. The highest BCUT2D eigenvalue weighted by molar-refractivity contribution is 5.79. The van der Waals surface area contributed by atoms with E-state index >= 15 is 0 Å². The maximum Gasteiger partial charge on any atom is 0.225 e. The van der Waals surface area contributed by atoms with Crippen LogP contribution in [-0.2, 0) is 4.79 Å². The number of carbonyl (C=O) groups excluding carboxylic acids is 1. The van der Waals surface area contributed by atoms with Crippen molar-refractivity contribution in [2.24, 2.45) is 17.6 Å². The summed E-state index contributed by atoms with van der Waals surface area (Å²) in [6.07, 6.45) is 4.48. The molecule has 0 aromatic carbocycles. The number of nitrogens with two attached hydrogens (primary N) is 1. The van der Waals surface area contributed by atoms with E-state index in [1.807, 2.05) is 4.90 Å². The smallest absolute Gasteiger partial charge is 0.225 e. The third-order valence-corrected chi connectivity index (χ3v) is 3.46. The molecule has 1 aliphatic heterocycles. The van der Waals surface area contributed by atoms with Crippen molar-refractivity contribution in [1.29, 1.82) is 0 Å². The van der Waals surface area contributed by atoms with Crippen molar-refractivity contribution >= 4 is 5.91 Å². The minimum absolute atomic E-state index is 0.197. The Hall–Kier alpha value is -0.570. The quantitative estimate of drug-likeness (QED) is 0.679.